The standard InChI is InChI=1S/C19H20O2/c1-19(2,3)16-11-9-15(10-12-16)18(21)13-17(20)14-7-5-4-6-8-14/h4-13,21H,1-3H3/b18-13-. The summed E-state index contributed by atoms with van der Waals surface area (Å²) in [6, 6.07) is 16.6. The van der Waals surface area contributed by atoms with Gasteiger partial charge in [-0.3, -0.25) is 4.79 Å². The van der Waals surface area contributed by atoms with Gasteiger partial charge in [0.25, 0.3) is 0 Å². The Hall–Kier alpha value is -2.35. The predicted octanol–water partition coefficient (Wildman–Crippen LogP) is 4.77. The lowest BCUT2D eigenvalue weighted by molar-refractivity contribution is 0.104. The third-order valence-electron chi connectivity index (χ3n) is 3.37. The van der Waals surface area contributed by atoms with Crippen molar-refractivity contribution in [1.82, 2.24) is 0 Å². The van der Waals surface area contributed by atoms with E-state index in [4.69, 9.17) is 0 Å². The zero-order valence-corrected chi connectivity index (χ0v) is 12.6. The molecule has 0 spiro atoms. The van der Waals surface area contributed by atoms with E-state index in [0.29, 0.717) is 11.1 Å². The maximum absolute atomic E-state index is 12.0. The van der Waals surface area contributed by atoms with E-state index in [2.05, 4.69) is 20.8 Å². The Morgan fingerprint density at radius 1 is 0.905 bits per heavy atom. The van der Waals surface area contributed by atoms with Crippen molar-refractivity contribution >= 4 is 11.5 Å². The van der Waals surface area contributed by atoms with Crippen LogP contribution < -0.4 is 0 Å². The van der Waals surface area contributed by atoms with Gasteiger partial charge in [-0.15, -0.1) is 0 Å². The molecule has 1 N–H and O–H groups in total. The first-order chi connectivity index (χ1) is 9.88. The molecule has 0 aromatic heterocycles. The second-order valence-electron chi connectivity index (χ2n) is 6.09. The normalized spacial score (nSPS) is 12.2. The number of carbonyl (C=O) groups is 1. The topological polar surface area (TPSA) is 37.3 Å². The molecule has 0 saturated heterocycles. The number of hydrogen-bond donors (Lipinski definition) is 1. The molecule has 21 heavy (non-hydrogen) atoms. The van der Waals surface area contributed by atoms with E-state index in [-0.39, 0.29) is 17.0 Å². The van der Waals surface area contributed by atoms with Crippen LogP contribution in [0, 0.1) is 0 Å². The number of carbonyl (C=O) groups excluding carboxylic acids is 1. The number of ketones is 1. The Morgan fingerprint density at radius 3 is 2.00 bits per heavy atom. The summed E-state index contributed by atoms with van der Waals surface area (Å²) in [6.07, 6.45) is 1.27. The van der Waals surface area contributed by atoms with E-state index < -0.39 is 0 Å². The van der Waals surface area contributed by atoms with E-state index >= 15 is 0 Å². The first kappa shape index (κ1) is 15.0. The van der Waals surface area contributed by atoms with Gasteiger partial charge in [0.2, 0.25) is 0 Å². The molecule has 2 aromatic rings. The first-order valence-corrected chi connectivity index (χ1v) is 6.99. The minimum atomic E-state index is -0.201. The van der Waals surface area contributed by atoms with E-state index in [9.17, 15) is 9.90 Å². The maximum Gasteiger partial charge on any atom is 0.189 e. The van der Waals surface area contributed by atoms with Crippen molar-refractivity contribution in [3.63, 3.8) is 0 Å². The van der Waals surface area contributed by atoms with Crippen LogP contribution >= 0.6 is 0 Å². The summed E-state index contributed by atoms with van der Waals surface area (Å²) in [5.74, 6) is -0.211. The molecule has 0 unspecified atom stereocenters. The highest BCUT2D eigenvalue weighted by Gasteiger charge is 2.13. The quantitative estimate of drug-likeness (QED) is 0.499. The molecule has 2 aromatic carbocycles. The van der Waals surface area contributed by atoms with Crippen molar-refractivity contribution in [2.75, 3.05) is 0 Å². The van der Waals surface area contributed by atoms with Crippen molar-refractivity contribution in [2.45, 2.75) is 26.2 Å². The number of benzene rings is 2. The van der Waals surface area contributed by atoms with Crippen molar-refractivity contribution in [2.24, 2.45) is 0 Å². The summed E-state index contributed by atoms with van der Waals surface area (Å²) in [5, 5.41) is 10.1. The maximum atomic E-state index is 12.0. The summed E-state index contributed by atoms with van der Waals surface area (Å²) >= 11 is 0. The average Bonchev–Trinajstić information content (AvgIpc) is 2.47. The molecule has 2 nitrogen and oxygen atoms in total. The third-order valence-corrected chi connectivity index (χ3v) is 3.37. The van der Waals surface area contributed by atoms with Crippen LogP contribution in [-0.4, -0.2) is 10.9 Å². The van der Waals surface area contributed by atoms with Gasteiger partial charge in [0.05, 0.1) is 0 Å². The van der Waals surface area contributed by atoms with Gasteiger partial charge in [-0.25, -0.2) is 0 Å². The van der Waals surface area contributed by atoms with Crippen LogP contribution in [0.3, 0.4) is 0 Å². The molecule has 0 aliphatic rings. The lowest BCUT2D eigenvalue weighted by Crippen LogP contribution is -2.10. The highest BCUT2D eigenvalue weighted by Crippen LogP contribution is 2.23. The van der Waals surface area contributed by atoms with Crippen molar-refractivity contribution in [3.05, 3.63) is 77.4 Å². The predicted molar refractivity (Wildman–Crippen MR) is 86.5 cm³/mol. The van der Waals surface area contributed by atoms with Crippen molar-refractivity contribution in [3.8, 4) is 0 Å². The van der Waals surface area contributed by atoms with Crippen LogP contribution in [0.2, 0.25) is 0 Å². The molecule has 0 radical (unpaired) electrons. The van der Waals surface area contributed by atoms with Crippen LogP contribution in [0.1, 0.15) is 42.3 Å². The Bertz CT molecular complexity index is 644. The fourth-order valence-electron chi connectivity index (χ4n) is 2.03. The highest BCUT2D eigenvalue weighted by molar-refractivity contribution is 6.07. The fourth-order valence-corrected chi connectivity index (χ4v) is 2.03. The molecule has 0 amide bonds. The molecule has 0 fully saturated rings. The Labute approximate surface area is 125 Å². The van der Waals surface area contributed by atoms with Crippen LogP contribution in [0.15, 0.2) is 60.7 Å². The monoisotopic (exact) mass is 280 g/mol. The first-order valence-electron chi connectivity index (χ1n) is 6.99. The third kappa shape index (κ3) is 3.82. The van der Waals surface area contributed by atoms with Crippen LogP contribution in [0.4, 0.5) is 0 Å². The largest absolute Gasteiger partial charge is 0.507 e. The summed E-state index contributed by atoms with van der Waals surface area (Å²) in [6.45, 7) is 6.41. The smallest absolute Gasteiger partial charge is 0.189 e. The molecule has 2 heteroatoms. The zero-order chi connectivity index (χ0) is 15.5. The van der Waals surface area contributed by atoms with Gasteiger partial charge in [-0.05, 0) is 11.0 Å². The Balaban J connectivity index is 2.22. The minimum Gasteiger partial charge on any atom is -0.507 e. The summed E-state index contributed by atoms with van der Waals surface area (Å²) in [5.41, 5.74) is 2.47. The van der Waals surface area contributed by atoms with Crippen LogP contribution in [0.5, 0.6) is 0 Å². The average molecular weight is 280 g/mol. The molecular formula is C19H20O2. The molecule has 0 aliphatic heterocycles. The Morgan fingerprint density at radius 2 is 1.48 bits per heavy atom. The zero-order valence-electron chi connectivity index (χ0n) is 12.6. The number of rotatable bonds is 3. The van der Waals surface area contributed by atoms with Crippen molar-refractivity contribution < 1.29 is 9.90 Å². The minimum absolute atomic E-state index is 0.00990. The second kappa shape index (κ2) is 5.96. The molecule has 0 atom stereocenters. The van der Waals surface area contributed by atoms with E-state index in [1.165, 1.54) is 11.6 Å². The number of aliphatic hydroxyl groups is 1. The number of allylic oxidation sites excluding steroid dienone is 1. The van der Waals surface area contributed by atoms with E-state index in [0.717, 1.165) is 0 Å². The van der Waals surface area contributed by atoms with Gasteiger partial charge in [-0.2, -0.15) is 0 Å². The molecule has 2 rings (SSSR count). The number of aliphatic hydroxyl groups excluding tert-OH is 1. The Kier molecular flexibility index (Phi) is 4.27. The fraction of sp³-hybridized carbons (Fsp3) is 0.211. The highest BCUT2D eigenvalue weighted by atomic mass is 16.3. The van der Waals surface area contributed by atoms with Crippen LogP contribution in [0.25, 0.3) is 5.76 Å². The lowest BCUT2D eigenvalue weighted by atomic mass is 9.86. The second-order valence-corrected chi connectivity index (χ2v) is 6.09. The van der Waals surface area contributed by atoms with Gasteiger partial charge < -0.3 is 5.11 Å². The van der Waals surface area contributed by atoms with Crippen LogP contribution in [-0.2, 0) is 5.41 Å². The van der Waals surface area contributed by atoms with Gasteiger partial charge >= 0.3 is 0 Å². The molecule has 108 valence electrons. The van der Waals surface area contributed by atoms with Gasteiger partial charge in [0.15, 0.2) is 5.78 Å². The lowest BCUT2D eigenvalue weighted by Gasteiger charge is -2.19. The van der Waals surface area contributed by atoms with Crippen molar-refractivity contribution in [1.29, 1.82) is 0 Å². The van der Waals surface area contributed by atoms with Gasteiger partial charge in [0, 0.05) is 17.2 Å². The van der Waals surface area contributed by atoms with Gasteiger partial charge in [0.1, 0.15) is 5.76 Å². The molecule has 0 bridgehead atoms. The summed E-state index contributed by atoms with van der Waals surface area (Å²) in [7, 11) is 0. The molecule has 0 aliphatic carbocycles. The summed E-state index contributed by atoms with van der Waals surface area (Å²) < 4.78 is 0. The van der Waals surface area contributed by atoms with Gasteiger partial charge in [-0.1, -0.05) is 75.4 Å². The molecule has 0 heterocycles. The molecular weight excluding hydrogens is 260 g/mol. The number of hydrogen-bond acceptors (Lipinski definition) is 2. The summed E-state index contributed by atoms with van der Waals surface area (Å²) in [4.78, 5) is 12.0. The van der Waals surface area contributed by atoms with E-state index in [1.54, 1.807) is 24.3 Å². The SMILES string of the molecule is CC(C)(C)c1ccc(/C(O)=C/C(=O)c2ccccc2)cc1. The van der Waals surface area contributed by atoms with E-state index in [1.807, 2.05) is 30.3 Å². The molecule has 0 saturated carbocycles.